The van der Waals surface area contributed by atoms with Gasteiger partial charge >= 0.3 is 0 Å². The van der Waals surface area contributed by atoms with Crippen LogP contribution in [0, 0.1) is 6.92 Å². The molecule has 7 heteroatoms. The highest BCUT2D eigenvalue weighted by atomic mass is 35.5. The molecule has 2 aromatic heterocycles. The molecule has 0 saturated heterocycles. The van der Waals surface area contributed by atoms with Crippen LogP contribution in [0.3, 0.4) is 0 Å². The van der Waals surface area contributed by atoms with Gasteiger partial charge in [0.05, 0.1) is 10.6 Å². The highest BCUT2D eigenvalue weighted by Gasteiger charge is 2.17. The third kappa shape index (κ3) is 3.40. The number of fused-ring (bicyclic) bond motifs is 1. The summed E-state index contributed by atoms with van der Waals surface area (Å²) in [4.78, 5) is 13.4. The molecule has 4 aromatic rings. The summed E-state index contributed by atoms with van der Waals surface area (Å²) in [6.07, 6.45) is 0. The Hall–Kier alpha value is -2.15. The van der Waals surface area contributed by atoms with Crippen molar-refractivity contribution in [1.82, 2.24) is 10.2 Å². The molecule has 2 aromatic carbocycles. The second-order valence-corrected chi connectivity index (χ2v) is 8.06. The number of carbonyl (C=O) groups is 1. The molecular weight excluding hydrogens is 388 g/mol. The van der Waals surface area contributed by atoms with E-state index in [0.29, 0.717) is 16.1 Å². The highest BCUT2D eigenvalue weighted by molar-refractivity contribution is 7.99. The molecular formula is C19H13ClN2O2S2. The second kappa shape index (κ2) is 7.23. The Morgan fingerprint density at radius 2 is 2.04 bits per heavy atom. The molecule has 0 amide bonds. The minimum Gasteiger partial charge on any atom is -0.411 e. The lowest BCUT2D eigenvalue weighted by molar-refractivity contribution is 0.102. The second-order valence-electron chi connectivity index (χ2n) is 5.65. The Bertz CT molecular complexity index is 1100. The molecule has 0 bridgehead atoms. The number of hydrogen-bond donors (Lipinski definition) is 0. The fourth-order valence-electron chi connectivity index (χ4n) is 2.64. The third-order valence-electron chi connectivity index (χ3n) is 3.90. The number of benzene rings is 2. The summed E-state index contributed by atoms with van der Waals surface area (Å²) in [6.45, 7) is 1.99. The summed E-state index contributed by atoms with van der Waals surface area (Å²) in [5, 5.41) is 10.1. The summed E-state index contributed by atoms with van der Waals surface area (Å²) in [5.74, 6) is 0.710. The van der Waals surface area contributed by atoms with Gasteiger partial charge in [0.15, 0.2) is 5.78 Å². The zero-order valence-electron chi connectivity index (χ0n) is 13.7. The molecule has 0 saturated carbocycles. The van der Waals surface area contributed by atoms with E-state index in [4.69, 9.17) is 16.0 Å². The van der Waals surface area contributed by atoms with Gasteiger partial charge in [-0.3, -0.25) is 4.79 Å². The molecule has 26 heavy (non-hydrogen) atoms. The number of aromatic nitrogens is 2. The van der Waals surface area contributed by atoms with Crippen molar-refractivity contribution in [2.75, 3.05) is 5.75 Å². The number of ketones is 1. The van der Waals surface area contributed by atoms with Crippen LogP contribution < -0.4 is 0 Å². The van der Waals surface area contributed by atoms with Crippen LogP contribution in [0.1, 0.15) is 15.2 Å². The lowest BCUT2D eigenvalue weighted by Gasteiger charge is -1.98. The van der Waals surface area contributed by atoms with Crippen molar-refractivity contribution >= 4 is 50.6 Å². The van der Waals surface area contributed by atoms with E-state index >= 15 is 0 Å². The van der Waals surface area contributed by atoms with Gasteiger partial charge in [-0.25, -0.2) is 0 Å². The number of thioether (sulfide) groups is 1. The monoisotopic (exact) mass is 400 g/mol. The summed E-state index contributed by atoms with van der Waals surface area (Å²) >= 11 is 8.75. The molecule has 130 valence electrons. The predicted octanol–water partition coefficient (Wildman–Crippen LogP) is 5.89. The lowest BCUT2D eigenvalue weighted by Crippen LogP contribution is -2.01. The SMILES string of the molecule is Cc1c(C(=O)CSc2nnc(-c3cccc(Cl)c3)o2)sc2ccccc12. The normalized spacial score (nSPS) is 11.2. The van der Waals surface area contributed by atoms with E-state index in [2.05, 4.69) is 10.2 Å². The van der Waals surface area contributed by atoms with Gasteiger partial charge in [0.2, 0.25) is 5.89 Å². The summed E-state index contributed by atoms with van der Waals surface area (Å²) in [6, 6.07) is 15.3. The smallest absolute Gasteiger partial charge is 0.277 e. The molecule has 4 rings (SSSR count). The first-order chi connectivity index (χ1) is 12.6. The van der Waals surface area contributed by atoms with E-state index in [-0.39, 0.29) is 11.5 Å². The maximum Gasteiger partial charge on any atom is 0.277 e. The number of Topliss-reactive ketones (excluding diaryl/α,β-unsaturated/α-hetero) is 1. The van der Waals surface area contributed by atoms with Crippen LogP contribution in [0.5, 0.6) is 0 Å². The summed E-state index contributed by atoms with van der Waals surface area (Å²) in [5.41, 5.74) is 1.78. The largest absolute Gasteiger partial charge is 0.411 e. The van der Waals surface area contributed by atoms with Crippen molar-refractivity contribution < 1.29 is 9.21 Å². The average molecular weight is 401 g/mol. The van der Waals surface area contributed by atoms with Crippen molar-refractivity contribution in [3.05, 3.63) is 64.0 Å². The first kappa shape index (κ1) is 17.3. The predicted molar refractivity (Wildman–Crippen MR) is 106 cm³/mol. The third-order valence-corrected chi connectivity index (χ3v) is 6.27. The van der Waals surface area contributed by atoms with Gasteiger partial charge in [0.25, 0.3) is 5.22 Å². The van der Waals surface area contributed by atoms with Crippen molar-refractivity contribution in [2.45, 2.75) is 12.1 Å². The first-order valence-corrected chi connectivity index (χ1v) is 10.0. The van der Waals surface area contributed by atoms with E-state index in [1.54, 1.807) is 12.1 Å². The van der Waals surface area contributed by atoms with Crippen molar-refractivity contribution in [2.24, 2.45) is 0 Å². The molecule has 0 aliphatic rings. The quantitative estimate of drug-likeness (QED) is 0.309. The summed E-state index contributed by atoms with van der Waals surface area (Å²) < 4.78 is 6.76. The fourth-order valence-corrected chi connectivity index (χ4v) is 4.70. The van der Waals surface area contributed by atoms with Crippen LogP contribution in [0.25, 0.3) is 21.5 Å². The first-order valence-electron chi connectivity index (χ1n) is 7.85. The molecule has 2 heterocycles. The number of halogens is 1. The van der Waals surface area contributed by atoms with Crippen LogP contribution in [-0.4, -0.2) is 21.7 Å². The van der Waals surface area contributed by atoms with Gasteiger partial charge in [-0.15, -0.1) is 21.5 Å². The molecule has 0 unspecified atom stereocenters. The van der Waals surface area contributed by atoms with Crippen molar-refractivity contribution in [3.63, 3.8) is 0 Å². The van der Waals surface area contributed by atoms with E-state index in [0.717, 1.165) is 26.1 Å². The van der Waals surface area contributed by atoms with E-state index in [9.17, 15) is 4.79 Å². The Morgan fingerprint density at radius 3 is 2.85 bits per heavy atom. The van der Waals surface area contributed by atoms with E-state index in [1.807, 2.05) is 43.3 Å². The van der Waals surface area contributed by atoms with E-state index in [1.165, 1.54) is 23.1 Å². The minimum atomic E-state index is 0.0659. The zero-order valence-corrected chi connectivity index (χ0v) is 16.1. The Labute approximate surface area is 163 Å². The van der Waals surface area contributed by atoms with Gasteiger partial charge in [-0.1, -0.05) is 47.6 Å². The maximum atomic E-state index is 12.6. The number of nitrogens with zero attached hydrogens (tertiary/aromatic N) is 2. The van der Waals surface area contributed by atoms with Crippen LogP contribution in [-0.2, 0) is 0 Å². The van der Waals surface area contributed by atoms with Gasteiger partial charge in [-0.2, -0.15) is 0 Å². The van der Waals surface area contributed by atoms with Crippen LogP contribution in [0.2, 0.25) is 5.02 Å². The zero-order chi connectivity index (χ0) is 18.1. The van der Waals surface area contributed by atoms with Gasteiger partial charge in [0.1, 0.15) is 0 Å². The fraction of sp³-hybridized carbons (Fsp3) is 0.105. The highest BCUT2D eigenvalue weighted by Crippen LogP contribution is 2.32. The molecule has 0 atom stereocenters. The molecule has 0 fully saturated rings. The molecule has 0 radical (unpaired) electrons. The number of hydrogen-bond acceptors (Lipinski definition) is 6. The number of thiophene rings is 1. The van der Waals surface area contributed by atoms with Crippen LogP contribution >= 0.6 is 34.7 Å². The summed E-state index contributed by atoms with van der Waals surface area (Å²) in [7, 11) is 0. The van der Waals surface area contributed by atoms with Gasteiger partial charge < -0.3 is 4.42 Å². The molecule has 4 nitrogen and oxygen atoms in total. The van der Waals surface area contributed by atoms with Crippen LogP contribution in [0.4, 0.5) is 0 Å². The topological polar surface area (TPSA) is 56.0 Å². The van der Waals surface area contributed by atoms with E-state index < -0.39 is 0 Å². The lowest BCUT2D eigenvalue weighted by atomic mass is 10.1. The number of carbonyl (C=O) groups excluding carboxylic acids is 1. The number of rotatable bonds is 5. The molecule has 0 spiro atoms. The molecule has 0 aliphatic carbocycles. The van der Waals surface area contributed by atoms with Crippen LogP contribution in [0.15, 0.2) is 58.2 Å². The molecule has 0 N–H and O–H groups in total. The number of aryl methyl sites for hydroxylation is 1. The molecule has 0 aliphatic heterocycles. The Morgan fingerprint density at radius 1 is 1.19 bits per heavy atom. The Kier molecular flexibility index (Phi) is 4.80. The average Bonchev–Trinajstić information content (AvgIpc) is 3.25. The maximum absolute atomic E-state index is 12.6. The van der Waals surface area contributed by atoms with Gasteiger partial charge in [-0.05, 0) is 42.1 Å². The van der Waals surface area contributed by atoms with Crippen molar-refractivity contribution in [1.29, 1.82) is 0 Å². The van der Waals surface area contributed by atoms with Gasteiger partial charge in [0, 0.05) is 15.3 Å². The standard InChI is InChI=1S/C19H13ClN2O2S2/c1-11-14-7-2-3-8-16(14)26-17(11)15(23)10-25-19-22-21-18(24-19)12-5-4-6-13(20)9-12/h2-9H,10H2,1H3. The van der Waals surface area contributed by atoms with Crippen molar-refractivity contribution in [3.8, 4) is 11.5 Å². The Balaban J connectivity index is 1.48. The minimum absolute atomic E-state index is 0.0659.